The largest absolute Gasteiger partial charge is 0.346 e. The standard InChI is InChI=1S/C27H28N6O/c1-32-8-9-33-24(16-32)22(15-31-33)18-10-20-21(14-30-26(20)29-13-18)17-2-3-19-23(11-17)27(12-25(19)34)4-6-28-7-5-27/h2-3,10-11,13-15,28H,4-9,12,16H2,1H3,(H,29,30). The van der Waals surface area contributed by atoms with Crippen LogP contribution in [-0.4, -0.2) is 57.1 Å². The molecule has 0 saturated carbocycles. The third-order valence-electron chi connectivity index (χ3n) is 8.17. The van der Waals surface area contributed by atoms with E-state index in [2.05, 4.69) is 56.4 Å². The van der Waals surface area contributed by atoms with Crippen LogP contribution in [-0.2, 0) is 18.5 Å². The molecule has 1 aliphatic carbocycles. The van der Waals surface area contributed by atoms with Gasteiger partial charge in [0.2, 0.25) is 0 Å². The van der Waals surface area contributed by atoms with Gasteiger partial charge in [0, 0.05) is 65.0 Å². The molecule has 0 amide bonds. The van der Waals surface area contributed by atoms with Crippen LogP contribution in [0.2, 0.25) is 0 Å². The number of aromatic amines is 1. The Balaban J connectivity index is 1.33. The number of benzene rings is 1. The first-order valence-corrected chi connectivity index (χ1v) is 12.2. The van der Waals surface area contributed by atoms with Crippen LogP contribution in [0.4, 0.5) is 0 Å². The summed E-state index contributed by atoms with van der Waals surface area (Å²) < 4.78 is 2.12. The van der Waals surface area contributed by atoms with Gasteiger partial charge in [-0.05, 0) is 56.2 Å². The molecule has 3 aromatic heterocycles. The summed E-state index contributed by atoms with van der Waals surface area (Å²) >= 11 is 0. The minimum absolute atomic E-state index is 0.00747. The molecule has 1 spiro atoms. The molecular weight excluding hydrogens is 424 g/mol. The Morgan fingerprint density at radius 3 is 2.76 bits per heavy atom. The highest BCUT2D eigenvalue weighted by molar-refractivity contribution is 6.04. The molecule has 2 N–H and O–H groups in total. The number of nitrogens with zero attached hydrogens (tertiary/aromatic N) is 4. The van der Waals surface area contributed by atoms with Crippen LogP contribution in [0.5, 0.6) is 0 Å². The molecule has 4 aromatic rings. The van der Waals surface area contributed by atoms with E-state index in [1.807, 2.05) is 18.5 Å². The van der Waals surface area contributed by atoms with E-state index in [-0.39, 0.29) is 5.41 Å². The number of pyridine rings is 1. The van der Waals surface area contributed by atoms with Crippen molar-refractivity contribution in [2.75, 3.05) is 26.7 Å². The number of carbonyl (C=O) groups is 1. The lowest BCUT2D eigenvalue weighted by atomic mass is 9.74. The van der Waals surface area contributed by atoms with Gasteiger partial charge in [0.05, 0.1) is 18.4 Å². The summed E-state index contributed by atoms with van der Waals surface area (Å²) in [5.74, 6) is 0.294. The van der Waals surface area contributed by atoms with Crippen LogP contribution in [0.15, 0.2) is 42.9 Å². The van der Waals surface area contributed by atoms with Crippen LogP contribution in [0.3, 0.4) is 0 Å². The Bertz CT molecular complexity index is 1440. The zero-order chi connectivity index (χ0) is 22.9. The molecule has 7 heteroatoms. The number of hydrogen-bond donors (Lipinski definition) is 2. The lowest BCUT2D eigenvalue weighted by molar-refractivity contribution is 0.0964. The van der Waals surface area contributed by atoms with E-state index in [0.29, 0.717) is 12.2 Å². The number of Topliss-reactive ketones (excluding diaryl/α,β-unsaturated/α-hetero) is 1. The Kier molecular flexibility index (Phi) is 4.35. The number of aromatic nitrogens is 4. The first-order valence-electron chi connectivity index (χ1n) is 12.2. The third kappa shape index (κ3) is 2.93. The van der Waals surface area contributed by atoms with Crippen molar-refractivity contribution in [3.05, 3.63) is 59.7 Å². The van der Waals surface area contributed by atoms with Gasteiger partial charge >= 0.3 is 0 Å². The molecule has 0 unspecified atom stereocenters. The topological polar surface area (TPSA) is 78.8 Å². The molecular formula is C27H28N6O. The molecule has 5 heterocycles. The normalized spacial score (nSPS) is 19.6. The number of ketones is 1. The predicted octanol–water partition coefficient (Wildman–Crippen LogP) is 3.75. The fraction of sp³-hybridized carbons (Fsp3) is 0.370. The minimum atomic E-state index is -0.00747. The lowest BCUT2D eigenvalue weighted by Gasteiger charge is -2.34. The van der Waals surface area contributed by atoms with Crippen molar-refractivity contribution in [3.8, 4) is 22.3 Å². The first kappa shape index (κ1) is 20.1. The van der Waals surface area contributed by atoms with E-state index >= 15 is 0 Å². The molecule has 7 rings (SSSR count). The van der Waals surface area contributed by atoms with E-state index in [1.54, 1.807) is 0 Å². The van der Waals surface area contributed by atoms with Crippen molar-refractivity contribution in [1.82, 2.24) is 30.0 Å². The number of rotatable bonds is 2. The van der Waals surface area contributed by atoms with E-state index in [1.165, 1.54) is 11.3 Å². The maximum Gasteiger partial charge on any atom is 0.164 e. The molecule has 0 bridgehead atoms. The molecule has 2 aliphatic heterocycles. The molecule has 3 aliphatic rings. The Morgan fingerprint density at radius 1 is 1.00 bits per heavy atom. The van der Waals surface area contributed by atoms with Gasteiger partial charge in [-0.3, -0.25) is 14.4 Å². The average molecular weight is 453 g/mol. The van der Waals surface area contributed by atoms with Crippen LogP contribution in [0, 0.1) is 0 Å². The van der Waals surface area contributed by atoms with Crippen LogP contribution in [0.1, 0.15) is 40.9 Å². The summed E-state index contributed by atoms with van der Waals surface area (Å²) in [5, 5.41) is 9.19. The zero-order valence-electron chi connectivity index (χ0n) is 19.4. The molecule has 1 saturated heterocycles. The summed E-state index contributed by atoms with van der Waals surface area (Å²) in [7, 11) is 2.15. The summed E-state index contributed by atoms with van der Waals surface area (Å²) in [5.41, 5.74) is 8.80. The van der Waals surface area contributed by atoms with Gasteiger partial charge in [0.25, 0.3) is 0 Å². The average Bonchev–Trinajstić information content (AvgIpc) is 3.53. The van der Waals surface area contributed by atoms with Gasteiger partial charge in [0.15, 0.2) is 5.78 Å². The van der Waals surface area contributed by atoms with E-state index in [0.717, 1.165) is 84.4 Å². The molecule has 172 valence electrons. The van der Waals surface area contributed by atoms with Gasteiger partial charge in [-0.2, -0.15) is 5.10 Å². The maximum atomic E-state index is 12.8. The summed E-state index contributed by atoms with van der Waals surface area (Å²) in [6.07, 6.45) is 8.67. The number of piperidine rings is 1. The lowest BCUT2D eigenvalue weighted by Crippen LogP contribution is -2.38. The smallest absolute Gasteiger partial charge is 0.164 e. The second-order valence-corrected chi connectivity index (χ2v) is 10.2. The molecule has 0 radical (unpaired) electrons. The minimum Gasteiger partial charge on any atom is -0.346 e. The summed E-state index contributed by atoms with van der Waals surface area (Å²) in [6.45, 7) is 4.78. The Hall–Kier alpha value is -3.29. The van der Waals surface area contributed by atoms with Crippen molar-refractivity contribution in [3.63, 3.8) is 0 Å². The molecule has 7 nitrogen and oxygen atoms in total. The van der Waals surface area contributed by atoms with Crippen molar-refractivity contribution >= 4 is 16.8 Å². The highest BCUT2D eigenvalue weighted by Gasteiger charge is 2.43. The fourth-order valence-electron chi connectivity index (χ4n) is 6.24. The predicted molar refractivity (Wildman–Crippen MR) is 132 cm³/mol. The molecule has 34 heavy (non-hydrogen) atoms. The third-order valence-corrected chi connectivity index (χ3v) is 8.17. The van der Waals surface area contributed by atoms with Crippen molar-refractivity contribution in [2.24, 2.45) is 0 Å². The van der Waals surface area contributed by atoms with Gasteiger partial charge in [0.1, 0.15) is 5.65 Å². The van der Waals surface area contributed by atoms with E-state index in [4.69, 9.17) is 4.98 Å². The van der Waals surface area contributed by atoms with Crippen molar-refractivity contribution in [1.29, 1.82) is 0 Å². The summed E-state index contributed by atoms with van der Waals surface area (Å²) in [6, 6.07) is 8.66. The van der Waals surface area contributed by atoms with Gasteiger partial charge < -0.3 is 10.3 Å². The van der Waals surface area contributed by atoms with Crippen molar-refractivity contribution in [2.45, 2.75) is 37.8 Å². The highest BCUT2D eigenvalue weighted by Crippen LogP contribution is 2.46. The van der Waals surface area contributed by atoms with Crippen LogP contribution in [0.25, 0.3) is 33.3 Å². The van der Waals surface area contributed by atoms with Crippen LogP contribution >= 0.6 is 0 Å². The molecule has 1 aromatic carbocycles. The van der Waals surface area contributed by atoms with E-state index < -0.39 is 0 Å². The maximum absolute atomic E-state index is 12.8. The fourth-order valence-corrected chi connectivity index (χ4v) is 6.24. The number of hydrogen-bond acceptors (Lipinski definition) is 5. The van der Waals surface area contributed by atoms with Gasteiger partial charge in [-0.15, -0.1) is 0 Å². The second kappa shape index (κ2) is 7.35. The quantitative estimate of drug-likeness (QED) is 0.484. The zero-order valence-corrected chi connectivity index (χ0v) is 19.4. The monoisotopic (exact) mass is 452 g/mol. The number of likely N-dealkylation sites (N-methyl/N-ethyl adjacent to an activating group) is 1. The number of H-pyrrole nitrogens is 1. The first-order chi connectivity index (χ1) is 16.6. The summed E-state index contributed by atoms with van der Waals surface area (Å²) in [4.78, 5) is 23.3. The van der Waals surface area contributed by atoms with Crippen LogP contribution < -0.4 is 5.32 Å². The number of fused-ring (bicyclic) bond motifs is 4. The molecule has 1 fully saturated rings. The number of carbonyl (C=O) groups excluding carboxylic acids is 1. The van der Waals surface area contributed by atoms with Gasteiger partial charge in [-0.1, -0.05) is 12.1 Å². The van der Waals surface area contributed by atoms with Crippen molar-refractivity contribution < 1.29 is 4.79 Å². The van der Waals surface area contributed by atoms with E-state index in [9.17, 15) is 4.79 Å². The second-order valence-electron chi connectivity index (χ2n) is 10.2. The highest BCUT2D eigenvalue weighted by atomic mass is 16.1. The van der Waals surface area contributed by atoms with Gasteiger partial charge in [-0.25, -0.2) is 4.98 Å². The Morgan fingerprint density at radius 2 is 1.88 bits per heavy atom. The SMILES string of the molecule is CN1CCn2ncc(-c3cnc4[nH]cc(-c5ccc6c(c5)C5(CCNCC5)CC6=O)c4c3)c2C1. The number of nitrogens with one attached hydrogen (secondary N) is 2. The Labute approximate surface area is 198 Å². The molecule has 0 atom stereocenters.